The van der Waals surface area contributed by atoms with E-state index in [4.69, 9.17) is 10.8 Å². The molecule has 0 fully saturated rings. The van der Waals surface area contributed by atoms with Crippen LogP contribution in [-0.4, -0.2) is 21.9 Å². The molecule has 84 valence electrons. The fraction of sp³-hybridized carbons (Fsp3) is 0.455. The molecule has 0 aliphatic rings. The highest BCUT2D eigenvalue weighted by Gasteiger charge is 2.13. The maximum absolute atomic E-state index is 9.59. The molecule has 5 N–H and O–H groups in total. The first kappa shape index (κ1) is 11.8. The molecule has 0 aromatic heterocycles. The Morgan fingerprint density at radius 3 is 2.47 bits per heavy atom. The van der Waals surface area contributed by atoms with Gasteiger partial charge in [-0.05, 0) is 24.5 Å². The minimum atomic E-state index is -0.402. The standard InChI is InChI=1S/C11H17NO3/c1-2-7-5-8(9(12)3-4-13)11(15)6-10(7)14/h5-6,9,13-15H,2-4,12H2,1H3. The number of phenolic OH excluding ortho intramolecular Hbond substituents is 2. The minimum Gasteiger partial charge on any atom is -0.508 e. The van der Waals surface area contributed by atoms with E-state index in [9.17, 15) is 10.2 Å². The fourth-order valence-corrected chi connectivity index (χ4v) is 1.52. The average Bonchev–Trinajstić information content (AvgIpc) is 2.18. The lowest BCUT2D eigenvalue weighted by atomic mass is 9.99. The van der Waals surface area contributed by atoms with Crippen LogP contribution >= 0.6 is 0 Å². The quantitative estimate of drug-likeness (QED) is 0.599. The lowest BCUT2D eigenvalue weighted by Crippen LogP contribution is -2.12. The molecule has 1 atom stereocenters. The number of aromatic hydroxyl groups is 2. The van der Waals surface area contributed by atoms with E-state index in [0.717, 1.165) is 5.56 Å². The first-order valence-electron chi connectivity index (χ1n) is 5.01. The van der Waals surface area contributed by atoms with Crippen molar-refractivity contribution >= 4 is 0 Å². The van der Waals surface area contributed by atoms with Gasteiger partial charge >= 0.3 is 0 Å². The Hall–Kier alpha value is -1.26. The van der Waals surface area contributed by atoms with Crippen molar-refractivity contribution in [1.82, 2.24) is 0 Å². The highest BCUT2D eigenvalue weighted by Crippen LogP contribution is 2.31. The van der Waals surface area contributed by atoms with Crippen molar-refractivity contribution in [2.45, 2.75) is 25.8 Å². The summed E-state index contributed by atoms with van der Waals surface area (Å²) in [6.07, 6.45) is 1.06. The Morgan fingerprint density at radius 1 is 1.27 bits per heavy atom. The van der Waals surface area contributed by atoms with Gasteiger partial charge in [0.1, 0.15) is 11.5 Å². The molecule has 0 saturated carbocycles. The maximum atomic E-state index is 9.59. The summed E-state index contributed by atoms with van der Waals surface area (Å²) < 4.78 is 0. The summed E-state index contributed by atoms with van der Waals surface area (Å²) in [7, 11) is 0. The van der Waals surface area contributed by atoms with Crippen molar-refractivity contribution in [3.8, 4) is 11.5 Å². The predicted molar refractivity (Wildman–Crippen MR) is 57.8 cm³/mol. The molecule has 0 aliphatic carbocycles. The summed E-state index contributed by atoms with van der Waals surface area (Å²) >= 11 is 0. The second-order valence-corrected chi connectivity index (χ2v) is 3.51. The number of hydrogen-bond acceptors (Lipinski definition) is 4. The van der Waals surface area contributed by atoms with Crippen LogP contribution in [0.4, 0.5) is 0 Å². The van der Waals surface area contributed by atoms with Crippen LogP contribution in [0.2, 0.25) is 0 Å². The van der Waals surface area contributed by atoms with Crippen molar-refractivity contribution in [1.29, 1.82) is 0 Å². The third-order valence-electron chi connectivity index (χ3n) is 2.45. The molecule has 0 heterocycles. The number of benzene rings is 1. The lowest BCUT2D eigenvalue weighted by Gasteiger charge is -2.14. The molecule has 4 heteroatoms. The molecular weight excluding hydrogens is 194 g/mol. The first-order chi connectivity index (χ1) is 7.10. The summed E-state index contributed by atoms with van der Waals surface area (Å²) in [6.45, 7) is 1.89. The zero-order valence-corrected chi connectivity index (χ0v) is 8.77. The van der Waals surface area contributed by atoms with Crippen LogP contribution in [0.3, 0.4) is 0 Å². The van der Waals surface area contributed by atoms with Gasteiger partial charge in [-0.25, -0.2) is 0 Å². The molecular formula is C11H17NO3. The van der Waals surface area contributed by atoms with E-state index in [1.807, 2.05) is 6.92 Å². The number of aryl methyl sites for hydroxylation is 1. The van der Waals surface area contributed by atoms with Gasteiger partial charge in [0.15, 0.2) is 0 Å². The number of aliphatic hydroxyl groups excluding tert-OH is 1. The highest BCUT2D eigenvalue weighted by molar-refractivity contribution is 5.46. The Morgan fingerprint density at radius 2 is 1.93 bits per heavy atom. The molecule has 15 heavy (non-hydrogen) atoms. The molecule has 1 aromatic rings. The zero-order valence-electron chi connectivity index (χ0n) is 8.77. The molecule has 0 saturated heterocycles. The van der Waals surface area contributed by atoms with Crippen LogP contribution < -0.4 is 5.73 Å². The third-order valence-corrected chi connectivity index (χ3v) is 2.45. The smallest absolute Gasteiger partial charge is 0.124 e. The van der Waals surface area contributed by atoms with Gasteiger partial charge in [0, 0.05) is 24.3 Å². The van der Waals surface area contributed by atoms with Crippen molar-refractivity contribution in [3.05, 3.63) is 23.3 Å². The fourth-order valence-electron chi connectivity index (χ4n) is 1.52. The Labute approximate surface area is 89.0 Å². The van der Waals surface area contributed by atoms with E-state index in [1.54, 1.807) is 6.07 Å². The van der Waals surface area contributed by atoms with E-state index < -0.39 is 6.04 Å². The third kappa shape index (κ3) is 2.61. The molecule has 0 aliphatic heterocycles. The second-order valence-electron chi connectivity index (χ2n) is 3.51. The molecule has 0 spiro atoms. The zero-order chi connectivity index (χ0) is 11.4. The van der Waals surface area contributed by atoms with Gasteiger partial charge in [0.05, 0.1) is 0 Å². The highest BCUT2D eigenvalue weighted by atomic mass is 16.3. The molecule has 0 bridgehead atoms. The van der Waals surface area contributed by atoms with Crippen LogP contribution in [0.5, 0.6) is 11.5 Å². The largest absolute Gasteiger partial charge is 0.508 e. The van der Waals surface area contributed by atoms with E-state index in [0.29, 0.717) is 18.4 Å². The van der Waals surface area contributed by atoms with Crippen molar-refractivity contribution in [2.75, 3.05) is 6.61 Å². The summed E-state index contributed by atoms with van der Waals surface area (Å²) in [6, 6.07) is 2.58. The van der Waals surface area contributed by atoms with E-state index in [-0.39, 0.29) is 18.1 Å². The van der Waals surface area contributed by atoms with E-state index in [2.05, 4.69) is 0 Å². The van der Waals surface area contributed by atoms with Crippen LogP contribution in [0, 0.1) is 0 Å². The normalized spacial score (nSPS) is 12.7. The molecule has 0 radical (unpaired) electrons. The van der Waals surface area contributed by atoms with Crippen molar-refractivity contribution in [2.24, 2.45) is 5.73 Å². The van der Waals surface area contributed by atoms with Crippen LogP contribution in [0.15, 0.2) is 12.1 Å². The summed E-state index contributed by atoms with van der Waals surface area (Å²) in [5.41, 5.74) is 7.09. The molecule has 1 rings (SSSR count). The van der Waals surface area contributed by atoms with Gasteiger partial charge in [-0.1, -0.05) is 6.92 Å². The lowest BCUT2D eigenvalue weighted by molar-refractivity contribution is 0.275. The van der Waals surface area contributed by atoms with E-state index >= 15 is 0 Å². The SMILES string of the molecule is CCc1cc(C(N)CCO)c(O)cc1O. The number of phenols is 2. The predicted octanol–water partition coefficient (Wildman–Crippen LogP) is 1.04. The van der Waals surface area contributed by atoms with Crippen LogP contribution in [0.1, 0.15) is 30.5 Å². The Kier molecular flexibility index (Phi) is 3.94. The van der Waals surface area contributed by atoms with E-state index in [1.165, 1.54) is 6.07 Å². The van der Waals surface area contributed by atoms with Crippen LogP contribution in [0.25, 0.3) is 0 Å². The van der Waals surface area contributed by atoms with Crippen molar-refractivity contribution in [3.63, 3.8) is 0 Å². The van der Waals surface area contributed by atoms with Gasteiger partial charge in [-0.2, -0.15) is 0 Å². The number of aliphatic hydroxyl groups is 1. The van der Waals surface area contributed by atoms with Gasteiger partial charge in [0.2, 0.25) is 0 Å². The van der Waals surface area contributed by atoms with Gasteiger partial charge < -0.3 is 21.1 Å². The monoisotopic (exact) mass is 211 g/mol. The van der Waals surface area contributed by atoms with Gasteiger partial charge in [-0.15, -0.1) is 0 Å². The van der Waals surface area contributed by atoms with Crippen molar-refractivity contribution < 1.29 is 15.3 Å². The number of nitrogens with two attached hydrogens (primary N) is 1. The minimum absolute atomic E-state index is 0.0225. The van der Waals surface area contributed by atoms with Gasteiger partial charge in [-0.3, -0.25) is 0 Å². The summed E-state index contributed by atoms with van der Waals surface area (Å²) in [5.74, 6) is 0.0561. The topological polar surface area (TPSA) is 86.7 Å². The molecule has 4 nitrogen and oxygen atoms in total. The maximum Gasteiger partial charge on any atom is 0.124 e. The molecule has 0 amide bonds. The molecule has 1 unspecified atom stereocenters. The first-order valence-corrected chi connectivity index (χ1v) is 5.01. The van der Waals surface area contributed by atoms with Gasteiger partial charge in [0.25, 0.3) is 0 Å². The average molecular weight is 211 g/mol. The summed E-state index contributed by atoms with van der Waals surface area (Å²) in [5, 5.41) is 27.8. The Balaban J connectivity index is 3.06. The second kappa shape index (κ2) is 5.00. The molecule has 1 aromatic carbocycles. The Bertz CT molecular complexity index is 339. The number of rotatable bonds is 4. The van der Waals surface area contributed by atoms with Crippen LogP contribution in [-0.2, 0) is 6.42 Å². The number of hydrogen-bond donors (Lipinski definition) is 4. The summed E-state index contributed by atoms with van der Waals surface area (Å²) in [4.78, 5) is 0.